The third-order valence-electron chi connectivity index (χ3n) is 2.04. The van der Waals surface area contributed by atoms with Crippen molar-refractivity contribution in [3.8, 4) is 0 Å². The maximum absolute atomic E-state index is 11.3. The predicted molar refractivity (Wildman–Crippen MR) is 68.7 cm³/mol. The highest BCUT2D eigenvalue weighted by Gasteiger charge is 2.08. The second-order valence-electron chi connectivity index (χ2n) is 3.03. The standard InChI is InChI=1S/C10H7BrINO/c1-6(14)13-3-2-7-4-8(11)5-9(12)10(7)13/h2-5H,1H3. The van der Waals surface area contributed by atoms with Gasteiger partial charge in [-0.3, -0.25) is 9.36 Å². The van der Waals surface area contributed by atoms with Gasteiger partial charge in [-0.05, 0) is 40.8 Å². The highest BCUT2D eigenvalue weighted by atomic mass is 127. The number of aromatic nitrogens is 1. The van der Waals surface area contributed by atoms with E-state index < -0.39 is 0 Å². The summed E-state index contributed by atoms with van der Waals surface area (Å²) >= 11 is 5.67. The molecule has 1 aromatic carbocycles. The Hall–Kier alpha value is -0.360. The fourth-order valence-corrected chi connectivity index (χ4v) is 3.27. The van der Waals surface area contributed by atoms with Gasteiger partial charge in [-0.2, -0.15) is 0 Å². The van der Waals surface area contributed by atoms with Gasteiger partial charge in [0.15, 0.2) is 0 Å². The van der Waals surface area contributed by atoms with Gasteiger partial charge in [0.1, 0.15) is 0 Å². The molecule has 0 saturated carbocycles. The highest BCUT2D eigenvalue weighted by molar-refractivity contribution is 14.1. The number of halogens is 2. The molecule has 0 saturated heterocycles. The Kier molecular flexibility index (Phi) is 2.66. The SMILES string of the molecule is CC(=O)n1ccc2cc(Br)cc(I)c21. The number of fused-ring (bicyclic) bond motifs is 1. The van der Waals surface area contributed by atoms with Crippen molar-refractivity contribution in [2.45, 2.75) is 6.92 Å². The summed E-state index contributed by atoms with van der Waals surface area (Å²) in [5.74, 6) is 0.0419. The lowest BCUT2D eigenvalue weighted by molar-refractivity contribution is 0.0941. The number of rotatable bonds is 0. The molecule has 2 aromatic rings. The van der Waals surface area contributed by atoms with Crippen LogP contribution >= 0.6 is 38.5 Å². The van der Waals surface area contributed by atoms with Crippen LogP contribution in [0.5, 0.6) is 0 Å². The molecule has 0 aliphatic carbocycles. The van der Waals surface area contributed by atoms with E-state index in [2.05, 4.69) is 38.5 Å². The number of nitrogens with zero attached hydrogens (tertiary/aromatic N) is 1. The smallest absolute Gasteiger partial charge is 0.227 e. The lowest BCUT2D eigenvalue weighted by atomic mass is 10.2. The summed E-state index contributed by atoms with van der Waals surface area (Å²) in [4.78, 5) is 11.3. The minimum absolute atomic E-state index is 0.0419. The number of hydrogen-bond donors (Lipinski definition) is 0. The fraction of sp³-hybridized carbons (Fsp3) is 0.100. The molecule has 72 valence electrons. The van der Waals surface area contributed by atoms with Gasteiger partial charge in [-0.15, -0.1) is 0 Å². The second kappa shape index (κ2) is 3.66. The summed E-state index contributed by atoms with van der Waals surface area (Å²) in [5.41, 5.74) is 0.987. The first-order valence-corrected chi connectivity index (χ1v) is 5.94. The quantitative estimate of drug-likeness (QED) is 0.654. The Labute approximate surface area is 104 Å². The van der Waals surface area contributed by atoms with Crippen molar-refractivity contribution in [1.82, 2.24) is 4.57 Å². The van der Waals surface area contributed by atoms with Crippen LogP contribution in [0.1, 0.15) is 11.7 Å². The zero-order valence-corrected chi connectivity index (χ0v) is 11.2. The van der Waals surface area contributed by atoms with E-state index in [-0.39, 0.29) is 5.91 Å². The van der Waals surface area contributed by atoms with E-state index in [1.54, 1.807) is 11.5 Å². The fourth-order valence-electron chi connectivity index (χ4n) is 1.46. The monoisotopic (exact) mass is 363 g/mol. The molecular weight excluding hydrogens is 357 g/mol. The Morgan fingerprint density at radius 1 is 1.50 bits per heavy atom. The van der Waals surface area contributed by atoms with Gasteiger partial charge in [0.05, 0.1) is 5.52 Å². The molecule has 4 heteroatoms. The molecule has 14 heavy (non-hydrogen) atoms. The van der Waals surface area contributed by atoms with E-state index in [4.69, 9.17) is 0 Å². The van der Waals surface area contributed by atoms with Gasteiger partial charge >= 0.3 is 0 Å². The van der Waals surface area contributed by atoms with E-state index in [0.29, 0.717) is 0 Å². The Bertz CT molecular complexity index is 518. The van der Waals surface area contributed by atoms with Gasteiger partial charge in [-0.25, -0.2) is 0 Å². The molecule has 0 fully saturated rings. The number of benzene rings is 1. The predicted octanol–water partition coefficient (Wildman–Crippen LogP) is 3.67. The maximum atomic E-state index is 11.3. The van der Waals surface area contributed by atoms with E-state index in [1.807, 2.05) is 24.4 Å². The van der Waals surface area contributed by atoms with Crippen molar-refractivity contribution in [3.05, 3.63) is 32.4 Å². The second-order valence-corrected chi connectivity index (χ2v) is 5.11. The van der Waals surface area contributed by atoms with Gasteiger partial charge < -0.3 is 0 Å². The van der Waals surface area contributed by atoms with Crippen LogP contribution in [0.3, 0.4) is 0 Å². The zero-order valence-electron chi connectivity index (χ0n) is 7.42. The topological polar surface area (TPSA) is 22.0 Å². The first-order valence-electron chi connectivity index (χ1n) is 4.06. The Morgan fingerprint density at radius 3 is 2.86 bits per heavy atom. The van der Waals surface area contributed by atoms with Crippen molar-refractivity contribution in [1.29, 1.82) is 0 Å². The number of hydrogen-bond acceptors (Lipinski definition) is 1. The summed E-state index contributed by atoms with van der Waals surface area (Å²) in [6, 6.07) is 5.96. The largest absolute Gasteiger partial charge is 0.286 e. The lowest BCUT2D eigenvalue weighted by Crippen LogP contribution is -2.03. The average molecular weight is 364 g/mol. The first kappa shape index (κ1) is 10.2. The molecule has 2 nitrogen and oxygen atoms in total. The average Bonchev–Trinajstić information content (AvgIpc) is 2.47. The summed E-state index contributed by atoms with van der Waals surface area (Å²) in [6.45, 7) is 1.57. The van der Waals surface area contributed by atoms with E-state index in [9.17, 15) is 4.79 Å². The molecule has 0 atom stereocenters. The third kappa shape index (κ3) is 1.61. The van der Waals surface area contributed by atoms with Gasteiger partial charge in [-0.1, -0.05) is 15.9 Å². The van der Waals surface area contributed by atoms with Crippen LogP contribution in [0.25, 0.3) is 10.9 Å². The minimum Gasteiger partial charge on any atom is -0.286 e. The highest BCUT2D eigenvalue weighted by Crippen LogP contribution is 2.26. The van der Waals surface area contributed by atoms with Crippen LogP contribution in [0.2, 0.25) is 0 Å². The molecule has 0 radical (unpaired) electrons. The van der Waals surface area contributed by atoms with Crippen LogP contribution in [-0.4, -0.2) is 10.5 Å². The summed E-state index contributed by atoms with van der Waals surface area (Å²) < 4.78 is 3.78. The molecular formula is C10H7BrINO. The minimum atomic E-state index is 0.0419. The normalized spacial score (nSPS) is 10.8. The number of carbonyl (C=O) groups excluding carboxylic acids is 1. The van der Waals surface area contributed by atoms with Crippen LogP contribution in [0.4, 0.5) is 0 Å². The van der Waals surface area contributed by atoms with Crippen molar-refractivity contribution >= 4 is 55.3 Å². The molecule has 2 rings (SSSR count). The third-order valence-corrected chi connectivity index (χ3v) is 3.32. The summed E-state index contributed by atoms with van der Waals surface area (Å²) in [5, 5.41) is 1.08. The molecule has 0 aliphatic rings. The van der Waals surface area contributed by atoms with Crippen LogP contribution in [0.15, 0.2) is 28.9 Å². The molecule has 0 unspecified atom stereocenters. The van der Waals surface area contributed by atoms with Crippen molar-refractivity contribution in [2.75, 3.05) is 0 Å². The van der Waals surface area contributed by atoms with Crippen molar-refractivity contribution in [2.24, 2.45) is 0 Å². The molecule has 0 spiro atoms. The summed E-state index contributed by atoms with van der Waals surface area (Å²) in [6.07, 6.45) is 1.81. The molecule has 0 N–H and O–H groups in total. The molecule has 0 bridgehead atoms. The molecule has 1 heterocycles. The van der Waals surface area contributed by atoms with Crippen molar-refractivity contribution < 1.29 is 4.79 Å². The molecule has 0 aliphatic heterocycles. The molecule has 1 aromatic heterocycles. The van der Waals surface area contributed by atoms with Gasteiger partial charge in [0.2, 0.25) is 5.91 Å². The van der Waals surface area contributed by atoms with Crippen LogP contribution in [0, 0.1) is 3.57 Å². The maximum Gasteiger partial charge on any atom is 0.227 e. The van der Waals surface area contributed by atoms with E-state index in [1.165, 1.54) is 0 Å². The first-order chi connectivity index (χ1) is 6.59. The van der Waals surface area contributed by atoms with E-state index in [0.717, 1.165) is 18.9 Å². The lowest BCUT2D eigenvalue weighted by Gasteiger charge is -2.02. The van der Waals surface area contributed by atoms with E-state index >= 15 is 0 Å². The van der Waals surface area contributed by atoms with Crippen molar-refractivity contribution in [3.63, 3.8) is 0 Å². The Balaban J connectivity index is 2.85. The van der Waals surface area contributed by atoms with Crippen LogP contribution < -0.4 is 0 Å². The van der Waals surface area contributed by atoms with Gasteiger partial charge in [0, 0.05) is 26.5 Å². The zero-order chi connectivity index (χ0) is 10.3. The van der Waals surface area contributed by atoms with Crippen LogP contribution in [-0.2, 0) is 0 Å². The summed E-state index contributed by atoms with van der Waals surface area (Å²) in [7, 11) is 0. The molecule has 0 amide bonds. The van der Waals surface area contributed by atoms with Gasteiger partial charge in [0.25, 0.3) is 0 Å². The Morgan fingerprint density at radius 2 is 2.21 bits per heavy atom. The number of carbonyl (C=O) groups is 1.